The molecule has 0 radical (unpaired) electrons. The number of aliphatic hydroxyl groups excluding tert-OH is 1. The van der Waals surface area contributed by atoms with Gasteiger partial charge in [0.25, 0.3) is 0 Å². The molecule has 2 atom stereocenters. The van der Waals surface area contributed by atoms with Crippen LogP contribution in [0, 0.1) is 5.92 Å². The maximum atomic E-state index is 9.70. The summed E-state index contributed by atoms with van der Waals surface area (Å²) in [6, 6.07) is 0.730. The predicted molar refractivity (Wildman–Crippen MR) is 82.5 cm³/mol. The van der Waals surface area contributed by atoms with Gasteiger partial charge in [-0.05, 0) is 71.5 Å². The highest BCUT2D eigenvalue weighted by Crippen LogP contribution is 2.34. The normalized spacial score (nSPS) is 20.5. The highest BCUT2D eigenvalue weighted by Gasteiger charge is 2.31. The molecule has 0 bridgehead atoms. The summed E-state index contributed by atoms with van der Waals surface area (Å²) in [5.74, 6) is 0.942. The fourth-order valence-electron chi connectivity index (χ4n) is 2.84. The third-order valence-corrected chi connectivity index (χ3v) is 4.90. The standard InChI is InChI=1S/C16H34N2O/c1-5-11-17-16(6-2,13-19)10-7-12-18(4)14(3)15-8-9-15/h14-15,17,19H,5-13H2,1-4H3. The molecule has 2 unspecified atom stereocenters. The van der Waals surface area contributed by atoms with Gasteiger partial charge in [0.05, 0.1) is 6.61 Å². The van der Waals surface area contributed by atoms with Gasteiger partial charge in [0.1, 0.15) is 0 Å². The van der Waals surface area contributed by atoms with Gasteiger partial charge in [0, 0.05) is 11.6 Å². The van der Waals surface area contributed by atoms with Crippen LogP contribution in [0.3, 0.4) is 0 Å². The van der Waals surface area contributed by atoms with E-state index in [1.807, 2.05) is 0 Å². The Balaban J connectivity index is 2.30. The van der Waals surface area contributed by atoms with Gasteiger partial charge in [0.2, 0.25) is 0 Å². The van der Waals surface area contributed by atoms with Gasteiger partial charge in [0.15, 0.2) is 0 Å². The maximum Gasteiger partial charge on any atom is 0.0613 e. The van der Waals surface area contributed by atoms with Crippen molar-refractivity contribution >= 4 is 0 Å². The molecule has 1 saturated carbocycles. The van der Waals surface area contributed by atoms with Crippen LogP contribution in [0.5, 0.6) is 0 Å². The predicted octanol–water partition coefficient (Wildman–Crippen LogP) is 2.64. The van der Waals surface area contributed by atoms with Gasteiger partial charge in [-0.15, -0.1) is 0 Å². The lowest BCUT2D eigenvalue weighted by Gasteiger charge is -2.33. The summed E-state index contributed by atoms with van der Waals surface area (Å²) in [7, 11) is 2.25. The summed E-state index contributed by atoms with van der Waals surface area (Å²) >= 11 is 0. The third kappa shape index (κ3) is 5.41. The third-order valence-electron chi connectivity index (χ3n) is 4.90. The van der Waals surface area contributed by atoms with Crippen molar-refractivity contribution < 1.29 is 5.11 Å². The Morgan fingerprint density at radius 2 is 2.05 bits per heavy atom. The van der Waals surface area contributed by atoms with Crippen molar-refractivity contribution in [2.45, 2.75) is 70.9 Å². The second-order valence-corrected chi connectivity index (χ2v) is 6.38. The first kappa shape index (κ1) is 16.9. The minimum Gasteiger partial charge on any atom is -0.394 e. The van der Waals surface area contributed by atoms with Gasteiger partial charge in [-0.1, -0.05) is 13.8 Å². The highest BCUT2D eigenvalue weighted by atomic mass is 16.3. The van der Waals surface area contributed by atoms with Crippen molar-refractivity contribution in [2.75, 3.05) is 26.7 Å². The molecular formula is C16H34N2O. The van der Waals surface area contributed by atoms with E-state index in [2.05, 4.69) is 38.0 Å². The summed E-state index contributed by atoms with van der Waals surface area (Å²) in [6.07, 6.45) is 7.20. The summed E-state index contributed by atoms with van der Waals surface area (Å²) < 4.78 is 0. The molecule has 3 heteroatoms. The fourth-order valence-corrected chi connectivity index (χ4v) is 2.84. The fraction of sp³-hybridized carbons (Fsp3) is 1.00. The average Bonchev–Trinajstić information content (AvgIpc) is 3.26. The van der Waals surface area contributed by atoms with Crippen molar-refractivity contribution in [1.82, 2.24) is 10.2 Å². The minimum absolute atomic E-state index is 0.0559. The molecular weight excluding hydrogens is 236 g/mol. The van der Waals surface area contributed by atoms with Gasteiger partial charge < -0.3 is 15.3 Å². The van der Waals surface area contributed by atoms with Gasteiger partial charge in [-0.25, -0.2) is 0 Å². The maximum absolute atomic E-state index is 9.70. The monoisotopic (exact) mass is 270 g/mol. The van der Waals surface area contributed by atoms with Crippen LogP contribution in [0.1, 0.15) is 59.3 Å². The molecule has 0 amide bonds. The van der Waals surface area contributed by atoms with E-state index in [1.54, 1.807) is 0 Å². The van der Waals surface area contributed by atoms with Crippen LogP contribution in [-0.4, -0.2) is 48.3 Å². The van der Waals surface area contributed by atoms with E-state index in [4.69, 9.17) is 0 Å². The molecule has 114 valence electrons. The first-order valence-electron chi connectivity index (χ1n) is 8.14. The number of rotatable bonds is 11. The molecule has 3 nitrogen and oxygen atoms in total. The van der Waals surface area contributed by atoms with Crippen LogP contribution in [0.15, 0.2) is 0 Å². The Morgan fingerprint density at radius 3 is 2.53 bits per heavy atom. The zero-order valence-corrected chi connectivity index (χ0v) is 13.4. The van der Waals surface area contributed by atoms with Crippen LogP contribution in [0.25, 0.3) is 0 Å². The SMILES string of the molecule is CCCNC(CC)(CO)CCCN(C)C(C)C1CC1. The molecule has 1 aliphatic rings. The number of nitrogens with zero attached hydrogens (tertiary/aromatic N) is 1. The summed E-state index contributed by atoms with van der Waals surface area (Å²) in [6.45, 7) is 9.11. The quantitative estimate of drug-likeness (QED) is 0.606. The van der Waals surface area contributed by atoms with Crippen molar-refractivity contribution in [3.63, 3.8) is 0 Å². The summed E-state index contributed by atoms with van der Waals surface area (Å²) in [4.78, 5) is 2.50. The Morgan fingerprint density at radius 1 is 1.37 bits per heavy atom. The molecule has 0 aliphatic heterocycles. The van der Waals surface area contributed by atoms with Gasteiger partial charge in [-0.3, -0.25) is 0 Å². The van der Waals surface area contributed by atoms with Crippen molar-refractivity contribution in [3.8, 4) is 0 Å². The zero-order chi connectivity index (χ0) is 14.3. The smallest absolute Gasteiger partial charge is 0.0613 e. The Bertz CT molecular complexity index is 237. The lowest BCUT2D eigenvalue weighted by atomic mass is 9.91. The van der Waals surface area contributed by atoms with E-state index in [-0.39, 0.29) is 12.1 Å². The van der Waals surface area contributed by atoms with Crippen molar-refractivity contribution in [3.05, 3.63) is 0 Å². The molecule has 1 rings (SSSR count). The van der Waals surface area contributed by atoms with E-state index in [0.29, 0.717) is 0 Å². The number of aliphatic hydroxyl groups is 1. The largest absolute Gasteiger partial charge is 0.394 e. The molecule has 19 heavy (non-hydrogen) atoms. The van der Waals surface area contributed by atoms with Crippen LogP contribution in [0.4, 0.5) is 0 Å². The Kier molecular flexibility index (Phi) is 7.33. The van der Waals surface area contributed by atoms with Crippen LogP contribution < -0.4 is 5.32 Å². The molecule has 0 spiro atoms. The van der Waals surface area contributed by atoms with E-state index >= 15 is 0 Å². The van der Waals surface area contributed by atoms with E-state index in [9.17, 15) is 5.11 Å². The van der Waals surface area contributed by atoms with E-state index in [0.717, 1.165) is 44.3 Å². The first-order chi connectivity index (χ1) is 9.08. The highest BCUT2D eigenvalue weighted by molar-refractivity contribution is 4.87. The van der Waals surface area contributed by atoms with E-state index < -0.39 is 0 Å². The van der Waals surface area contributed by atoms with Crippen molar-refractivity contribution in [2.24, 2.45) is 5.92 Å². The number of hydrogen-bond acceptors (Lipinski definition) is 3. The Hall–Kier alpha value is -0.120. The lowest BCUT2D eigenvalue weighted by Crippen LogP contribution is -2.48. The zero-order valence-electron chi connectivity index (χ0n) is 13.4. The Labute approximate surface area is 119 Å². The van der Waals surface area contributed by atoms with Crippen molar-refractivity contribution in [1.29, 1.82) is 0 Å². The minimum atomic E-state index is -0.0559. The molecule has 0 aromatic heterocycles. The molecule has 0 aromatic rings. The second-order valence-electron chi connectivity index (χ2n) is 6.38. The molecule has 1 fully saturated rings. The molecule has 1 aliphatic carbocycles. The topological polar surface area (TPSA) is 35.5 Å². The molecule has 0 aromatic carbocycles. The van der Waals surface area contributed by atoms with Crippen LogP contribution >= 0.6 is 0 Å². The van der Waals surface area contributed by atoms with Crippen LogP contribution in [-0.2, 0) is 0 Å². The lowest BCUT2D eigenvalue weighted by molar-refractivity contribution is 0.136. The second kappa shape index (κ2) is 8.23. The van der Waals surface area contributed by atoms with E-state index in [1.165, 1.54) is 19.3 Å². The molecule has 2 N–H and O–H groups in total. The first-order valence-corrected chi connectivity index (χ1v) is 8.14. The van der Waals surface area contributed by atoms with Crippen LogP contribution in [0.2, 0.25) is 0 Å². The number of hydrogen-bond donors (Lipinski definition) is 2. The average molecular weight is 270 g/mol. The van der Waals surface area contributed by atoms with Gasteiger partial charge >= 0.3 is 0 Å². The molecule has 0 saturated heterocycles. The number of nitrogens with one attached hydrogen (secondary N) is 1. The summed E-state index contributed by atoms with van der Waals surface area (Å²) in [5, 5.41) is 13.3. The summed E-state index contributed by atoms with van der Waals surface area (Å²) in [5.41, 5.74) is -0.0559. The van der Waals surface area contributed by atoms with Gasteiger partial charge in [-0.2, -0.15) is 0 Å². The molecule has 0 heterocycles.